The third-order valence-corrected chi connectivity index (χ3v) is 4.56. The number of carbonyl (C=O) groups excluding carboxylic acids is 3. The first kappa shape index (κ1) is 22.3. The molecule has 1 atom stereocenters. The van der Waals surface area contributed by atoms with Crippen molar-refractivity contribution in [3.05, 3.63) is 54.1 Å². The first-order valence-corrected chi connectivity index (χ1v) is 10.3. The third kappa shape index (κ3) is 6.82. The van der Waals surface area contributed by atoms with Gasteiger partial charge in [0.2, 0.25) is 5.91 Å². The average molecular weight is 425 g/mol. The Morgan fingerprint density at radius 2 is 1.65 bits per heavy atom. The van der Waals surface area contributed by atoms with Gasteiger partial charge >= 0.3 is 0 Å². The topological polar surface area (TPSA) is 106 Å². The predicted molar refractivity (Wildman–Crippen MR) is 117 cm³/mol. The van der Waals surface area contributed by atoms with Crippen LogP contribution in [0.4, 0.5) is 11.4 Å². The van der Waals surface area contributed by atoms with Gasteiger partial charge in [0.25, 0.3) is 11.8 Å². The van der Waals surface area contributed by atoms with E-state index >= 15 is 0 Å². The maximum atomic E-state index is 12.2. The minimum atomic E-state index is -0.401. The van der Waals surface area contributed by atoms with Crippen LogP contribution in [0.5, 0.6) is 5.75 Å². The van der Waals surface area contributed by atoms with Gasteiger partial charge in [-0.2, -0.15) is 0 Å². The van der Waals surface area contributed by atoms with E-state index in [-0.39, 0.29) is 30.4 Å². The Morgan fingerprint density at radius 1 is 1.00 bits per heavy atom. The van der Waals surface area contributed by atoms with Gasteiger partial charge in [0, 0.05) is 23.5 Å². The van der Waals surface area contributed by atoms with Crippen molar-refractivity contribution in [2.24, 2.45) is 0 Å². The molecule has 0 aromatic heterocycles. The molecule has 0 spiro atoms. The molecule has 1 unspecified atom stereocenters. The second-order valence-corrected chi connectivity index (χ2v) is 7.49. The number of ether oxygens (including phenoxy) is 2. The molecule has 2 aromatic carbocycles. The summed E-state index contributed by atoms with van der Waals surface area (Å²) in [4.78, 5) is 36.4. The van der Waals surface area contributed by atoms with E-state index < -0.39 is 6.10 Å². The summed E-state index contributed by atoms with van der Waals surface area (Å²) in [6.07, 6.45) is 1.26. The molecule has 164 valence electrons. The van der Waals surface area contributed by atoms with Gasteiger partial charge in [-0.25, -0.2) is 0 Å². The van der Waals surface area contributed by atoms with Crippen LogP contribution in [0.3, 0.4) is 0 Å². The Morgan fingerprint density at radius 3 is 2.23 bits per heavy atom. The summed E-state index contributed by atoms with van der Waals surface area (Å²) in [5.41, 5.74) is 1.62. The van der Waals surface area contributed by atoms with Gasteiger partial charge in [-0.1, -0.05) is 0 Å². The quantitative estimate of drug-likeness (QED) is 0.603. The number of anilines is 2. The normalized spacial score (nSPS) is 15.4. The fourth-order valence-corrected chi connectivity index (χ4v) is 3.07. The molecule has 1 fully saturated rings. The standard InChI is InChI=1S/C23H27N3O5/c1-15(2)31-19-11-5-16(6-12-19)22(28)24-14-21(27)25-17-7-9-18(10-8-17)26-23(29)20-4-3-13-30-20/h5-12,15,20H,3-4,13-14H2,1-2H3,(H,24,28)(H,25,27)(H,26,29). The summed E-state index contributed by atoms with van der Waals surface area (Å²) in [6, 6.07) is 13.5. The molecule has 8 nitrogen and oxygen atoms in total. The van der Waals surface area contributed by atoms with Crippen LogP contribution in [-0.2, 0) is 14.3 Å². The Hall–Kier alpha value is -3.39. The Balaban J connectivity index is 1.43. The zero-order valence-electron chi connectivity index (χ0n) is 17.6. The maximum Gasteiger partial charge on any atom is 0.253 e. The molecule has 1 aliphatic heterocycles. The molecule has 1 aliphatic rings. The van der Waals surface area contributed by atoms with Crippen LogP contribution < -0.4 is 20.7 Å². The van der Waals surface area contributed by atoms with E-state index in [1.54, 1.807) is 48.5 Å². The van der Waals surface area contributed by atoms with Gasteiger partial charge in [0.1, 0.15) is 11.9 Å². The molecule has 1 heterocycles. The summed E-state index contributed by atoms with van der Waals surface area (Å²) < 4.78 is 10.9. The molecular weight excluding hydrogens is 398 g/mol. The molecule has 3 rings (SSSR count). The molecule has 3 amide bonds. The zero-order chi connectivity index (χ0) is 22.2. The van der Waals surface area contributed by atoms with Crippen LogP contribution in [-0.4, -0.2) is 43.1 Å². The van der Waals surface area contributed by atoms with Crippen molar-refractivity contribution in [3.63, 3.8) is 0 Å². The van der Waals surface area contributed by atoms with E-state index in [0.717, 1.165) is 12.8 Å². The summed E-state index contributed by atoms with van der Waals surface area (Å²) in [7, 11) is 0. The first-order valence-electron chi connectivity index (χ1n) is 10.3. The van der Waals surface area contributed by atoms with E-state index in [1.807, 2.05) is 13.8 Å². The van der Waals surface area contributed by atoms with Gasteiger partial charge in [0.15, 0.2) is 0 Å². The molecule has 0 radical (unpaired) electrons. The third-order valence-electron chi connectivity index (χ3n) is 4.56. The second kappa shape index (κ2) is 10.6. The van der Waals surface area contributed by atoms with Crippen LogP contribution >= 0.6 is 0 Å². The van der Waals surface area contributed by atoms with Gasteiger partial charge in [-0.3, -0.25) is 14.4 Å². The number of carbonyl (C=O) groups is 3. The highest BCUT2D eigenvalue weighted by Crippen LogP contribution is 2.17. The molecule has 0 aliphatic carbocycles. The lowest BCUT2D eigenvalue weighted by atomic mass is 10.2. The van der Waals surface area contributed by atoms with Crippen LogP contribution in [0.1, 0.15) is 37.0 Å². The van der Waals surface area contributed by atoms with Crippen LogP contribution in [0.2, 0.25) is 0 Å². The lowest BCUT2D eigenvalue weighted by Crippen LogP contribution is -2.32. The monoisotopic (exact) mass is 425 g/mol. The smallest absolute Gasteiger partial charge is 0.253 e. The number of rotatable bonds is 8. The van der Waals surface area contributed by atoms with Crippen molar-refractivity contribution in [1.29, 1.82) is 0 Å². The zero-order valence-corrected chi connectivity index (χ0v) is 17.6. The van der Waals surface area contributed by atoms with Crippen molar-refractivity contribution in [2.45, 2.75) is 38.9 Å². The Labute approximate surface area is 181 Å². The number of amides is 3. The van der Waals surface area contributed by atoms with Gasteiger partial charge in [-0.15, -0.1) is 0 Å². The molecule has 0 saturated carbocycles. The van der Waals surface area contributed by atoms with E-state index in [4.69, 9.17) is 9.47 Å². The predicted octanol–water partition coefficient (Wildman–Crippen LogP) is 2.96. The van der Waals surface area contributed by atoms with Gasteiger partial charge in [-0.05, 0) is 75.2 Å². The fourth-order valence-electron chi connectivity index (χ4n) is 3.07. The Kier molecular flexibility index (Phi) is 7.61. The summed E-state index contributed by atoms with van der Waals surface area (Å²) in [5, 5.41) is 8.08. The van der Waals surface area contributed by atoms with Crippen molar-refractivity contribution >= 4 is 29.1 Å². The summed E-state index contributed by atoms with van der Waals surface area (Å²) >= 11 is 0. The lowest BCUT2D eigenvalue weighted by Gasteiger charge is -2.12. The average Bonchev–Trinajstić information content (AvgIpc) is 3.29. The lowest BCUT2D eigenvalue weighted by molar-refractivity contribution is -0.124. The van der Waals surface area contributed by atoms with Crippen molar-refractivity contribution < 1.29 is 23.9 Å². The molecule has 3 N–H and O–H groups in total. The minimum Gasteiger partial charge on any atom is -0.491 e. The molecule has 31 heavy (non-hydrogen) atoms. The second-order valence-electron chi connectivity index (χ2n) is 7.49. The molecule has 0 bridgehead atoms. The number of nitrogens with one attached hydrogen (secondary N) is 3. The number of hydrogen-bond acceptors (Lipinski definition) is 5. The fraction of sp³-hybridized carbons (Fsp3) is 0.348. The highest BCUT2D eigenvalue weighted by atomic mass is 16.5. The van der Waals surface area contributed by atoms with Crippen LogP contribution in [0.25, 0.3) is 0 Å². The maximum absolute atomic E-state index is 12.2. The largest absolute Gasteiger partial charge is 0.491 e. The molecule has 2 aromatic rings. The van der Waals surface area contributed by atoms with E-state index in [1.165, 1.54) is 0 Å². The van der Waals surface area contributed by atoms with Gasteiger partial charge in [0.05, 0.1) is 12.6 Å². The van der Waals surface area contributed by atoms with E-state index in [0.29, 0.717) is 29.3 Å². The van der Waals surface area contributed by atoms with Crippen LogP contribution in [0, 0.1) is 0 Å². The first-order chi connectivity index (χ1) is 14.9. The number of hydrogen-bond donors (Lipinski definition) is 3. The summed E-state index contributed by atoms with van der Waals surface area (Å²) in [6.45, 7) is 4.29. The molecule has 8 heteroatoms. The van der Waals surface area contributed by atoms with E-state index in [2.05, 4.69) is 16.0 Å². The van der Waals surface area contributed by atoms with E-state index in [9.17, 15) is 14.4 Å². The number of benzene rings is 2. The van der Waals surface area contributed by atoms with Crippen molar-refractivity contribution in [3.8, 4) is 5.75 Å². The molecular formula is C23H27N3O5. The van der Waals surface area contributed by atoms with Crippen LogP contribution in [0.15, 0.2) is 48.5 Å². The minimum absolute atomic E-state index is 0.0509. The SMILES string of the molecule is CC(C)Oc1ccc(C(=O)NCC(=O)Nc2ccc(NC(=O)C3CCCO3)cc2)cc1. The highest BCUT2D eigenvalue weighted by Gasteiger charge is 2.23. The highest BCUT2D eigenvalue weighted by molar-refractivity contribution is 5.99. The van der Waals surface area contributed by atoms with Crippen molar-refractivity contribution in [1.82, 2.24) is 5.32 Å². The molecule has 1 saturated heterocycles. The van der Waals surface area contributed by atoms with Gasteiger partial charge < -0.3 is 25.4 Å². The van der Waals surface area contributed by atoms with Crippen molar-refractivity contribution in [2.75, 3.05) is 23.8 Å². The summed E-state index contributed by atoms with van der Waals surface area (Å²) in [5.74, 6) is -0.191. The Bertz CT molecular complexity index is 904.